The van der Waals surface area contributed by atoms with E-state index in [1.54, 1.807) is 85.2 Å². The summed E-state index contributed by atoms with van der Waals surface area (Å²) in [5, 5.41) is 29.1. The Bertz CT molecular complexity index is 2100. The molecule has 0 bridgehead atoms. The third-order valence-corrected chi connectivity index (χ3v) is 6.84. The van der Waals surface area contributed by atoms with Gasteiger partial charge in [-0.15, -0.1) is 10.2 Å². The minimum atomic E-state index is -1.09. The van der Waals surface area contributed by atoms with Crippen molar-refractivity contribution in [3.63, 3.8) is 0 Å². The van der Waals surface area contributed by atoms with Crippen LogP contribution in [0.4, 0.5) is 0 Å². The highest BCUT2D eigenvalue weighted by molar-refractivity contribution is 6.03. The summed E-state index contributed by atoms with van der Waals surface area (Å²) < 4.78 is 0. The number of carboxylic acids is 2. The van der Waals surface area contributed by atoms with Gasteiger partial charge in [-0.25, -0.2) is 39.5 Å². The Morgan fingerprint density at radius 1 is 0.455 bits per heavy atom. The van der Waals surface area contributed by atoms with Crippen LogP contribution in [0.1, 0.15) is 20.7 Å². The first kappa shape index (κ1) is 26.3. The SMILES string of the molecule is O=C(O)c1cc(-c2cccc(-c3ccc(-c4cccc(-c5cc(C(=O)O)c6cccnc6n5)n4)nn3)n2)nc2ncccc12. The third kappa shape index (κ3) is 4.81. The topological polar surface area (TPSA) is 178 Å². The van der Waals surface area contributed by atoms with Gasteiger partial charge < -0.3 is 10.2 Å². The minimum absolute atomic E-state index is 0.0820. The molecule has 0 saturated heterocycles. The molecule has 0 fully saturated rings. The van der Waals surface area contributed by atoms with E-state index in [9.17, 15) is 19.8 Å². The number of hydrogen-bond donors (Lipinski definition) is 2. The van der Waals surface area contributed by atoms with E-state index in [1.807, 2.05) is 0 Å². The number of fused-ring (bicyclic) bond motifs is 2. The lowest BCUT2D eigenvalue weighted by molar-refractivity contribution is 0.0688. The van der Waals surface area contributed by atoms with Crippen LogP contribution in [0, 0.1) is 0 Å². The van der Waals surface area contributed by atoms with Crippen molar-refractivity contribution in [1.29, 1.82) is 0 Å². The Labute approximate surface area is 247 Å². The van der Waals surface area contributed by atoms with Gasteiger partial charge in [-0.3, -0.25) is 0 Å². The van der Waals surface area contributed by atoms with Gasteiger partial charge in [-0.05, 0) is 72.8 Å². The van der Waals surface area contributed by atoms with Gasteiger partial charge in [-0.2, -0.15) is 0 Å². The molecule has 0 unspecified atom stereocenters. The van der Waals surface area contributed by atoms with Gasteiger partial charge in [0.1, 0.15) is 11.4 Å². The van der Waals surface area contributed by atoms with E-state index in [4.69, 9.17) is 0 Å². The fraction of sp³-hybridized carbons (Fsp3) is 0. The maximum atomic E-state index is 11.9. The summed E-state index contributed by atoms with van der Waals surface area (Å²) in [7, 11) is 0. The number of hydrogen-bond acceptors (Lipinski definition) is 10. The van der Waals surface area contributed by atoms with Crippen LogP contribution >= 0.6 is 0 Å². The molecule has 0 aliphatic heterocycles. The Kier molecular flexibility index (Phi) is 6.40. The molecule has 7 aromatic heterocycles. The molecule has 0 aliphatic rings. The molecule has 44 heavy (non-hydrogen) atoms. The van der Waals surface area contributed by atoms with E-state index in [-0.39, 0.29) is 11.1 Å². The summed E-state index contributed by atoms with van der Waals surface area (Å²) in [5.74, 6) is -2.17. The number of aromatic nitrogens is 8. The molecule has 0 aliphatic carbocycles. The second-order valence-corrected chi connectivity index (χ2v) is 9.59. The second kappa shape index (κ2) is 10.7. The van der Waals surface area contributed by atoms with Gasteiger partial charge in [0.15, 0.2) is 11.3 Å². The highest BCUT2D eigenvalue weighted by Crippen LogP contribution is 2.27. The lowest BCUT2D eigenvalue weighted by Crippen LogP contribution is -2.02. The smallest absolute Gasteiger partial charge is 0.336 e. The number of carbonyl (C=O) groups is 2. The molecule has 0 atom stereocenters. The predicted molar refractivity (Wildman–Crippen MR) is 159 cm³/mol. The van der Waals surface area contributed by atoms with Crippen LogP contribution in [-0.2, 0) is 0 Å². The van der Waals surface area contributed by atoms with Crippen LogP contribution in [0.5, 0.6) is 0 Å². The Morgan fingerprint density at radius 3 is 1.25 bits per heavy atom. The van der Waals surface area contributed by atoms with E-state index >= 15 is 0 Å². The molecule has 210 valence electrons. The molecule has 0 aromatic carbocycles. The van der Waals surface area contributed by atoms with Gasteiger partial charge in [-0.1, -0.05) is 12.1 Å². The van der Waals surface area contributed by atoms with Crippen molar-refractivity contribution >= 4 is 34.0 Å². The van der Waals surface area contributed by atoms with Crippen LogP contribution in [0.2, 0.25) is 0 Å². The lowest BCUT2D eigenvalue weighted by Gasteiger charge is -2.08. The zero-order chi connectivity index (χ0) is 30.2. The highest BCUT2D eigenvalue weighted by atomic mass is 16.4. The molecular formula is C32H18N8O4. The van der Waals surface area contributed by atoms with Crippen LogP contribution < -0.4 is 0 Å². The number of rotatable bonds is 6. The van der Waals surface area contributed by atoms with Crippen molar-refractivity contribution in [2.45, 2.75) is 0 Å². The van der Waals surface area contributed by atoms with Crippen molar-refractivity contribution in [3.8, 4) is 45.6 Å². The molecule has 0 spiro atoms. The van der Waals surface area contributed by atoms with Crippen LogP contribution in [0.3, 0.4) is 0 Å². The summed E-state index contributed by atoms with van der Waals surface area (Å²) in [6.07, 6.45) is 3.11. The number of nitrogens with zero attached hydrogens (tertiary/aromatic N) is 8. The first-order valence-electron chi connectivity index (χ1n) is 13.2. The molecule has 12 nitrogen and oxygen atoms in total. The normalized spacial score (nSPS) is 11.1. The Morgan fingerprint density at radius 2 is 0.864 bits per heavy atom. The van der Waals surface area contributed by atoms with Crippen LogP contribution in [-0.4, -0.2) is 62.3 Å². The molecule has 7 aromatic rings. The molecule has 0 saturated carbocycles. The summed E-state index contributed by atoms with van der Waals surface area (Å²) >= 11 is 0. The zero-order valence-electron chi connectivity index (χ0n) is 22.5. The molecule has 2 N–H and O–H groups in total. The van der Waals surface area contributed by atoms with Crippen molar-refractivity contribution < 1.29 is 19.8 Å². The molecule has 0 amide bonds. The van der Waals surface area contributed by atoms with Crippen LogP contribution in [0.25, 0.3) is 67.6 Å². The largest absolute Gasteiger partial charge is 0.478 e. The number of carboxylic acid groups (broad SMARTS) is 2. The fourth-order valence-electron chi connectivity index (χ4n) is 4.78. The van der Waals surface area contributed by atoms with Gasteiger partial charge in [0.25, 0.3) is 0 Å². The summed E-state index contributed by atoms with van der Waals surface area (Å²) in [6.45, 7) is 0. The van der Waals surface area contributed by atoms with Crippen molar-refractivity contribution in [2.75, 3.05) is 0 Å². The average Bonchev–Trinajstić information content (AvgIpc) is 3.07. The first-order valence-corrected chi connectivity index (χ1v) is 13.2. The van der Waals surface area contributed by atoms with E-state index < -0.39 is 11.9 Å². The fourth-order valence-corrected chi connectivity index (χ4v) is 4.78. The number of pyridine rings is 6. The zero-order valence-corrected chi connectivity index (χ0v) is 22.5. The maximum Gasteiger partial charge on any atom is 0.336 e. The quantitative estimate of drug-likeness (QED) is 0.263. The molecule has 7 rings (SSSR count). The van der Waals surface area contributed by atoms with Crippen LogP contribution in [0.15, 0.2) is 97.3 Å². The average molecular weight is 579 g/mol. The van der Waals surface area contributed by atoms with Gasteiger partial charge in [0, 0.05) is 23.2 Å². The van der Waals surface area contributed by atoms with Crippen molar-refractivity contribution in [2.24, 2.45) is 0 Å². The minimum Gasteiger partial charge on any atom is -0.478 e. The van der Waals surface area contributed by atoms with Gasteiger partial charge in [0.05, 0.1) is 45.3 Å². The van der Waals surface area contributed by atoms with Gasteiger partial charge in [0.2, 0.25) is 0 Å². The molecule has 12 heteroatoms. The molecule has 7 heterocycles. The Balaban J connectivity index is 1.21. The van der Waals surface area contributed by atoms with E-state index in [2.05, 4.69) is 40.1 Å². The molecular weight excluding hydrogens is 560 g/mol. The molecule has 0 radical (unpaired) electrons. The summed E-state index contributed by atoms with van der Waals surface area (Å²) in [6, 6.07) is 23.7. The van der Waals surface area contributed by atoms with Crippen molar-refractivity contribution in [1.82, 2.24) is 40.1 Å². The summed E-state index contributed by atoms with van der Waals surface area (Å²) in [5.41, 5.74) is 4.41. The van der Waals surface area contributed by atoms with E-state index in [0.717, 1.165) is 0 Å². The van der Waals surface area contributed by atoms with E-state index in [0.29, 0.717) is 67.6 Å². The summed E-state index contributed by atoms with van der Waals surface area (Å²) in [4.78, 5) is 50.6. The number of aromatic carboxylic acids is 2. The highest BCUT2D eigenvalue weighted by Gasteiger charge is 2.17. The van der Waals surface area contributed by atoms with Crippen molar-refractivity contribution in [3.05, 3.63) is 108 Å². The predicted octanol–water partition coefficient (Wildman–Crippen LogP) is 5.22. The third-order valence-electron chi connectivity index (χ3n) is 6.84. The lowest BCUT2D eigenvalue weighted by atomic mass is 10.1. The van der Waals surface area contributed by atoms with Gasteiger partial charge >= 0.3 is 11.9 Å². The monoisotopic (exact) mass is 578 g/mol. The first-order chi connectivity index (χ1) is 21.4. The maximum absolute atomic E-state index is 11.9. The standard InChI is InChI=1S/C32H18N8O4/c41-31(42)19-15-27(37-29-17(19)5-3-13-33-29)23-9-1-7-21(35-23)25-11-12-26(40-39-25)22-8-2-10-24(36-22)28-16-20(32(43)44)18-6-4-14-34-30(18)38-28/h1-16H,(H,41,42)(H,43,44). The van der Waals surface area contributed by atoms with E-state index in [1.165, 1.54) is 12.1 Å². The Hall–Kier alpha value is -6.56. The second-order valence-electron chi connectivity index (χ2n) is 9.59.